The number of aryl methyl sites for hydroxylation is 2. The molecule has 1 aromatic carbocycles. The Kier molecular flexibility index (Phi) is 6.48. The summed E-state index contributed by atoms with van der Waals surface area (Å²) in [5, 5.41) is 8.25. The number of nitrogens with one attached hydrogen (secondary N) is 2. The van der Waals surface area contributed by atoms with Crippen LogP contribution in [0.1, 0.15) is 23.7 Å². The second-order valence-corrected chi connectivity index (χ2v) is 7.67. The summed E-state index contributed by atoms with van der Waals surface area (Å²) >= 11 is 0. The van der Waals surface area contributed by atoms with Crippen LogP contribution in [0.3, 0.4) is 0 Å². The third kappa shape index (κ3) is 4.54. The number of hydrogen-bond donors (Lipinski definition) is 2. The van der Waals surface area contributed by atoms with Crippen molar-refractivity contribution in [3.63, 3.8) is 0 Å². The Morgan fingerprint density at radius 3 is 2.68 bits per heavy atom. The molecule has 0 spiro atoms. The van der Waals surface area contributed by atoms with Gasteiger partial charge < -0.3 is 15.2 Å². The van der Waals surface area contributed by atoms with Crippen molar-refractivity contribution in [1.29, 1.82) is 0 Å². The zero-order chi connectivity index (χ0) is 21.6. The Morgan fingerprint density at radius 2 is 1.97 bits per heavy atom. The molecule has 1 aliphatic heterocycles. The standard InChI is InChI=1S/C25H29N5O/c1-3-5-11-20(4-2)22-23-25(31)27-21(13-12-19-9-7-6-8-10-19)18-30(23)28-24(22)29-16-14-26-15-17-29/h3-11,18,26H,2,12-17H2,1H3,(H,27,31)/b5-3-,20-11+. The van der Waals surface area contributed by atoms with Crippen LogP contribution in [0.5, 0.6) is 0 Å². The average molecular weight is 416 g/mol. The van der Waals surface area contributed by atoms with Crippen molar-refractivity contribution in [3.05, 3.63) is 94.6 Å². The minimum Gasteiger partial charge on any atom is -0.352 e. The van der Waals surface area contributed by atoms with Crippen LogP contribution in [0.25, 0.3) is 11.1 Å². The number of benzene rings is 1. The van der Waals surface area contributed by atoms with Crippen molar-refractivity contribution >= 4 is 16.9 Å². The third-order valence-corrected chi connectivity index (χ3v) is 5.58. The molecule has 0 radical (unpaired) electrons. The number of aromatic nitrogens is 3. The highest BCUT2D eigenvalue weighted by atomic mass is 16.1. The molecule has 1 aliphatic rings. The highest BCUT2D eigenvalue weighted by Gasteiger charge is 2.24. The SMILES string of the molecule is C=C/C(=C\C=C/C)c1c(N2CCNCC2)nn2cc(CCc3ccccc3)[nH]c(=O)c12. The first-order valence-electron chi connectivity index (χ1n) is 10.8. The van der Waals surface area contributed by atoms with Crippen molar-refractivity contribution in [1.82, 2.24) is 19.9 Å². The molecule has 0 bridgehead atoms. The van der Waals surface area contributed by atoms with Crippen LogP contribution >= 0.6 is 0 Å². The van der Waals surface area contributed by atoms with E-state index >= 15 is 0 Å². The van der Waals surface area contributed by atoms with E-state index in [-0.39, 0.29) is 5.56 Å². The fraction of sp³-hybridized carbons (Fsp3) is 0.280. The molecular formula is C25H29N5O. The summed E-state index contributed by atoms with van der Waals surface area (Å²) in [5.41, 5.74) is 4.29. The van der Waals surface area contributed by atoms with E-state index in [4.69, 9.17) is 5.10 Å². The van der Waals surface area contributed by atoms with E-state index in [1.54, 1.807) is 10.6 Å². The van der Waals surface area contributed by atoms with Crippen LogP contribution in [0.4, 0.5) is 5.82 Å². The quantitative estimate of drug-likeness (QED) is 0.581. The lowest BCUT2D eigenvalue weighted by Gasteiger charge is -2.28. The van der Waals surface area contributed by atoms with Gasteiger partial charge in [-0.05, 0) is 30.9 Å². The molecule has 0 aliphatic carbocycles. The molecule has 0 saturated carbocycles. The first-order chi connectivity index (χ1) is 15.2. The molecule has 0 atom stereocenters. The second kappa shape index (κ2) is 9.62. The number of aromatic amines is 1. The van der Waals surface area contributed by atoms with E-state index in [0.717, 1.165) is 61.7 Å². The molecule has 3 heterocycles. The van der Waals surface area contributed by atoms with Crippen molar-refractivity contribution in [3.8, 4) is 0 Å². The minimum absolute atomic E-state index is 0.123. The maximum Gasteiger partial charge on any atom is 0.274 e. The lowest BCUT2D eigenvalue weighted by molar-refractivity contribution is 0.583. The van der Waals surface area contributed by atoms with Gasteiger partial charge in [0.15, 0.2) is 5.82 Å². The molecule has 0 unspecified atom stereocenters. The molecule has 1 saturated heterocycles. The zero-order valence-corrected chi connectivity index (χ0v) is 18.0. The van der Waals surface area contributed by atoms with Gasteiger partial charge in [0, 0.05) is 38.1 Å². The van der Waals surface area contributed by atoms with E-state index in [1.807, 2.05) is 49.5 Å². The maximum absolute atomic E-state index is 13.2. The molecule has 6 nitrogen and oxygen atoms in total. The first-order valence-corrected chi connectivity index (χ1v) is 10.8. The van der Waals surface area contributed by atoms with Gasteiger partial charge in [0.25, 0.3) is 5.56 Å². The Bertz CT molecular complexity index is 1160. The van der Waals surface area contributed by atoms with E-state index in [0.29, 0.717) is 5.52 Å². The van der Waals surface area contributed by atoms with Crippen molar-refractivity contribution in [2.24, 2.45) is 0 Å². The van der Waals surface area contributed by atoms with E-state index in [9.17, 15) is 4.79 Å². The number of hydrogen-bond acceptors (Lipinski definition) is 4. The van der Waals surface area contributed by atoms with Crippen LogP contribution < -0.4 is 15.8 Å². The Balaban J connectivity index is 1.79. The lowest BCUT2D eigenvalue weighted by atomic mass is 10.1. The van der Waals surface area contributed by atoms with Crippen molar-refractivity contribution in [2.75, 3.05) is 31.1 Å². The van der Waals surface area contributed by atoms with E-state index in [2.05, 4.69) is 33.9 Å². The smallest absolute Gasteiger partial charge is 0.274 e. The maximum atomic E-state index is 13.2. The zero-order valence-electron chi connectivity index (χ0n) is 18.0. The van der Waals surface area contributed by atoms with E-state index < -0.39 is 0 Å². The van der Waals surface area contributed by atoms with Gasteiger partial charge in [-0.25, -0.2) is 4.52 Å². The van der Waals surface area contributed by atoms with E-state index in [1.165, 1.54) is 5.56 Å². The number of H-pyrrole nitrogens is 1. The summed E-state index contributed by atoms with van der Waals surface area (Å²) in [7, 11) is 0. The lowest BCUT2D eigenvalue weighted by Crippen LogP contribution is -2.44. The summed E-state index contributed by atoms with van der Waals surface area (Å²) in [4.78, 5) is 18.5. The fourth-order valence-corrected chi connectivity index (χ4v) is 3.99. The summed E-state index contributed by atoms with van der Waals surface area (Å²) in [5.74, 6) is 0.836. The Hall–Kier alpha value is -3.38. The van der Waals surface area contributed by atoms with Gasteiger partial charge in [0.1, 0.15) is 5.52 Å². The van der Waals surface area contributed by atoms with Crippen molar-refractivity contribution < 1.29 is 0 Å². The topological polar surface area (TPSA) is 65.4 Å². The predicted molar refractivity (Wildman–Crippen MR) is 128 cm³/mol. The highest BCUT2D eigenvalue weighted by molar-refractivity contribution is 5.90. The molecule has 4 rings (SSSR count). The monoisotopic (exact) mass is 415 g/mol. The largest absolute Gasteiger partial charge is 0.352 e. The van der Waals surface area contributed by atoms with Gasteiger partial charge in [-0.3, -0.25) is 4.79 Å². The fourth-order valence-electron chi connectivity index (χ4n) is 3.99. The number of allylic oxidation sites excluding steroid dienone is 5. The van der Waals surface area contributed by atoms with Gasteiger partial charge in [-0.2, -0.15) is 0 Å². The van der Waals surface area contributed by atoms with Crippen LogP contribution in [-0.4, -0.2) is 40.8 Å². The summed E-state index contributed by atoms with van der Waals surface area (Å²) in [6, 6.07) is 10.3. The van der Waals surface area contributed by atoms with Crippen LogP contribution in [-0.2, 0) is 12.8 Å². The summed E-state index contributed by atoms with van der Waals surface area (Å²) in [6.07, 6.45) is 11.3. The minimum atomic E-state index is -0.123. The molecule has 6 heteroatoms. The molecule has 1 fully saturated rings. The molecule has 31 heavy (non-hydrogen) atoms. The van der Waals surface area contributed by atoms with Gasteiger partial charge in [-0.1, -0.05) is 61.2 Å². The van der Waals surface area contributed by atoms with Gasteiger partial charge in [-0.15, -0.1) is 5.10 Å². The summed E-state index contributed by atoms with van der Waals surface area (Å²) in [6.45, 7) is 9.45. The number of nitrogens with zero attached hydrogens (tertiary/aromatic N) is 3. The first kappa shape index (κ1) is 20.9. The molecule has 3 aromatic rings. The average Bonchev–Trinajstić information content (AvgIpc) is 3.19. The Morgan fingerprint density at radius 1 is 1.19 bits per heavy atom. The highest BCUT2D eigenvalue weighted by Crippen LogP contribution is 2.30. The molecular weight excluding hydrogens is 386 g/mol. The van der Waals surface area contributed by atoms with Gasteiger partial charge in [0.05, 0.1) is 5.56 Å². The van der Waals surface area contributed by atoms with Crippen LogP contribution in [0.15, 0.2) is 72.2 Å². The number of fused-ring (bicyclic) bond motifs is 1. The second-order valence-electron chi connectivity index (χ2n) is 7.67. The van der Waals surface area contributed by atoms with Crippen molar-refractivity contribution in [2.45, 2.75) is 19.8 Å². The molecule has 160 valence electrons. The molecule has 2 N–H and O–H groups in total. The third-order valence-electron chi connectivity index (χ3n) is 5.58. The number of piperazine rings is 1. The van der Waals surface area contributed by atoms with Crippen LogP contribution in [0.2, 0.25) is 0 Å². The Labute approximate surface area is 182 Å². The molecule has 0 amide bonds. The molecule has 2 aromatic heterocycles. The summed E-state index contributed by atoms with van der Waals surface area (Å²) < 4.78 is 1.75. The van der Waals surface area contributed by atoms with Gasteiger partial charge >= 0.3 is 0 Å². The number of anilines is 1. The number of rotatable bonds is 7. The van der Waals surface area contributed by atoms with Crippen LogP contribution in [0, 0.1) is 0 Å². The van der Waals surface area contributed by atoms with Gasteiger partial charge in [0.2, 0.25) is 0 Å². The predicted octanol–water partition coefficient (Wildman–Crippen LogP) is 3.36. The normalized spacial score (nSPS) is 15.1.